The largest absolute Gasteiger partial charge is 0.320 e. The average Bonchev–Trinajstić information content (AvgIpc) is 2.81. The van der Waals surface area contributed by atoms with Crippen LogP contribution in [0.5, 0.6) is 0 Å². The molecule has 1 aromatic carbocycles. The molecule has 1 heterocycles. The molecular formula is C13H12ClF2NS. The van der Waals surface area contributed by atoms with Gasteiger partial charge in [-0.1, -0.05) is 18.5 Å². The van der Waals surface area contributed by atoms with Crippen LogP contribution in [-0.2, 0) is 6.42 Å². The summed E-state index contributed by atoms with van der Waals surface area (Å²) >= 11 is 7.42. The minimum absolute atomic E-state index is 0.150. The molecule has 0 bridgehead atoms. The van der Waals surface area contributed by atoms with Gasteiger partial charge in [-0.05, 0) is 41.1 Å². The molecule has 2 N–H and O–H groups in total. The topological polar surface area (TPSA) is 26.0 Å². The Balaban J connectivity index is 2.46. The van der Waals surface area contributed by atoms with E-state index in [1.807, 2.05) is 18.4 Å². The first kappa shape index (κ1) is 13.5. The number of benzene rings is 1. The van der Waals surface area contributed by atoms with Gasteiger partial charge >= 0.3 is 0 Å². The molecule has 5 heteroatoms. The molecular weight excluding hydrogens is 276 g/mol. The molecule has 2 aromatic rings. The lowest BCUT2D eigenvalue weighted by molar-refractivity contribution is 0.506. The van der Waals surface area contributed by atoms with Crippen molar-refractivity contribution in [2.24, 2.45) is 5.73 Å². The lowest BCUT2D eigenvalue weighted by Gasteiger charge is -2.14. The lowest BCUT2D eigenvalue weighted by atomic mass is 10.0. The number of halogens is 3. The van der Waals surface area contributed by atoms with Gasteiger partial charge in [0.25, 0.3) is 0 Å². The van der Waals surface area contributed by atoms with E-state index in [9.17, 15) is 8.78 Å². The van der Waals surface area contributed by atoms with Crippen LogP contribution in [0.1, 0.15) is 29.0 Å². The Bertz CT molecular complexity index is 568. The van der Waals surface area contributed by atoms with Gasteiger partial charge < -0.3 is 5.73 Å². The van der Waals surface area contributed by atoms with E-state index in [0.717, 1.165) is 29.0 Å². The molecule has 2 rings (SSSR count). The molecule has 0 aliphatic heterocycles. The van der Waals surface area contributed by atoms with E-state index >= 15 is 0 Å². The van der Waals surface area contributed by atoms with Gasteiger partial charge in [-0.3, -0.25) is 0 Å². The van der Waals surface area contributed by atoms with Crippen molar-refractivity contribution < 1.29 is 8.78 Å². The third kappa shape index (κ3) is 2.41. The predicted molar refractivity (Wildman–Crippen MR) is 71.1 cm³/mol. The third-order valence-electron chi connectivity index (χ3n) is 2.82. The van der Waals surface area contributed by atoms with Gasteiger partial charge in [0.2, 0.25) is 0 Å². The molecule has 0 saturated carbocycles. The van der Waals surface area contributed by atoms with Crippen LogP contribution in [-0.4, -0.2) is 0 Å². The number of aryl methyl sites for hydroxylation is 1. The predicted octanol–water partition coefficient (Wildman–Crippen LogP) is 4.29. The van der Waals surface area contributed by atoms with Crippen LogP contribution in [0.2, 0.25) is 5.02 Å². The summed E-state index contributed by atoms with van der Waals surface area (Å²) in [6, 6.07) is 3.49. The fourth-order valence-corrected chi connectivity index (χ4v) is 3.11. The summed E-state index contributed by atoms with van der Waals surface area (Å²) in [6.07, 6.45) is 0.841. The standard InChI is InChI=1S/C13H12ClF2NS/c1-2-7-3-4-18-13(7)12(17)8-5-10(15)11(16)6-9(8)14/h3-6,12H,2,17H2,1H3. The molecule has 18 heavy (non-hydrogen) atoms. The lowest BCUT2D eigenvalue weighted by Crippen LogP contribution is -2.13. The molecule has 1 atom stereocenters. The second kappa shape index (κ2) is 5.34. The Kier molecular flexibility index (Phi) is 4.00. The highest BCUT2D eigenvalue weighted by atomic mass is 35.5. The Morgan fingerprint density at radius 2 is 2.00 bits per heavy atom. The molecule has 1 unspecified atom stereocenters. The minimum atomic E-state index is -0.960. The molecule has 0 aliphatic carbocycles. The smallest absolute Gasteiger partial charge is 0.160 e. The monoisotopic (exact) mass is 287 g/mol. The van der Waals surface area contributed by atoms with E-state index in [0.29, 0.717) is 5.56 Å². The Morgan fingerprint density at radius 3 is 2.67 bits per heavy atom. The number of rotatable bonds is 3. The quantitative estimate of drug-likeness (QED) is 0.837. The van der Waals surface area contributed by atoms with Crippen molar-refractivity contribution in [1.82, 2.24) is 0 Å². The summed E-state index contributed by atoms with van der Waals surface area (Å²) < 4.78 is 26.3. The zero-order valence-electron chi connectivity index (χ0n) is 9.71. The highest BCUT2D eigenvalue weighted by molar-refractivity contribution is 7.10. The second-order valence-electron chi connectivity index (χ2n) is 3.93. The maximum Gasteiger partial charge on any atom is 0.160 e. The Labute approximate surface area is 113 Å². The SMILES string of the molecule is CCc1ccsc1C(N)c1cc(F)c(F)cc1Cl. The fraction of sp³-hybridized carbons (Fsp3) is 0.231. The summed E-state index contributed by atoms with van der Waals surface area (Å²) in [7, 11) is 0. The van der Waals surface area contributed by atoms with E-state index in [1.54, 1.807) is 0 Å². The molecule has 0 amide bonds. The van der Waals surface area contributed by atoms with Crippen molar-refractivity contribution in [2.45, 2.75) is 19.4 Å². The van der Waals surface area contributed by atoms with E-state index in [2.05, 4.69) is 0 Å². The average molecular weight is 288 g/mol. The first-order chi connectivity index (χ1) is 8.54. The Morgan fingerprint density at radius 1 is 1.33 bits per heavy atom. The fourth-order valence-electron chi connectivity index (χ4n) is 1.83. The maximum atomic E-state index is 13.3. The van der Waals surface area contributed by atoms with Gasteiger partial charge in [0.05, 0.1) is 6.04 Å². The van der Waals surface area contributed by atoms with Gasteiger partial charge in [-0.25, -0.2) is 8.78 Å². The van der Waals surface area contributed by atoms with Crippen LogP contribution in [0.3, 0.4) is 0 Å². The summed E-state index contributed by atoms with van der Waals surface area (Å²) in [5.41, 5.74) is 7.61. The maximum absolute atomic E-state index is 13.3. The van der Waals surface area contributed by atoms with Gasteiger partial charge in [-0.15, -0.1) is 11.3 Å². The van der Waals surface area contributed by atoms with Crippen molar-refractivity contribution in [1.29, 1.82) is 0 Å². The number of hydrogen-bond donors (Lipinski definition) is 1. The molecule has 1 aromatic heterocycles. The van der Waals surface area contributed by atoms with Crippen LogP contribution < -0.4 is 5.73 Å². The second-order valence-corrected chi connectivity index (χ2v) is 5.28. The van der Waals surface area contributed by atoms with E-state index in [-0.39, 0.29) is 5.02 Å². The van der Waals surface area contributed by atoms with Gasteiger partial charge in [0.15, 0.2) is 11.6 Å². The van der Waals surface area contributed by atoms with Crippen molar-refractivity contribution in [2.75, 3.05) is 0 Å². The van der Waals surface area contributed by atoms with Crippen LogP contribution in [0.25, 0.3) is 0 Å². The number of thiophene rings is 1. The normalized spacial score (nSPS) is 12.7. The zero-order valence-corrected chi connectivity index (χ0v) is 11.3. The Hall–Kier alpha value is -0.970. The van der Waals surface area contributed by atoms with Crippen molar-refractivity contribution in [3.8, 4) is 0 Å². The molecule has 0 aliphatic rings. The van der Waals surface area contributed by atoms with Gasteiger partial charge in [-0.2, -0.15) is 0 Å². The highest BCUT2D eigenvalue weighted by Crippen LogP contribution is 2.33. The van der Waals surface area contributed by atoms with Crippen LogP contribution in [0.4, 0.5) is 8.78 Å². The summed E-state index contributed by atoms with van der Waals surface area (Å²) in [5, 5.41) is 2.08. The molecule has 1 nitrogen and oxygen atoms in total. The van der Waals surface area contributed by atoms with E-state index in [1.165, 1.54) is 11.3 Å². The van der Waals surface area contributed by atoms with Crippen LogP contribution in [0.15, 0.2) is 23.6 Å². The van der Waals surface area contributed by atoms with Crippen molar-refractivity contribution in [3.05, 3.63) is 56.2 Å². The molecule has 0 saturated heterocycles. The summed E-state index contributed by atoms with van der Waals surface area (Å²) in [5.74, 6) is -1.89. The minimum Gasteiger partial charge on any atom is -0.320 e. The van der Waals surface area contributed by atoms with Crippen LogP contribution in [0, 0.1) is 11.6 Å². The highest BCUT2D eigenvalue weighted by Gasteiger charge is 2.19. The summed E-state index contributed by atoms with van der Waals surface area (Å²) in [4.78, 5) is 0.936. The van der Waals surface area contributed by atoms with Crippen LogP contribution >= 0.6 is 22.9 Å². The van der Waals surface area contributed by atoms with Gasteiger partial charge in [0.1, 0.15) is 0 Å². The first-order valence-corrected chi connectivity index (χ1v) is 6.76. The van der Waals surface area contributed by atoms with E-state index < -0.39 is 17.7 Å². The van der Waals surface area contributed by atoms with Crippen molar-refractivity contribution in [3.63, 3.8) is 0 Å². The molecule has 96 valence electrons. The zero-order chi connectivity index (χ0) is 13.3. The molecule has 0 radical (unpaired) electrons. The van der Waals surface area contributed by atoms with Crippen molar-refractivity contribution >= 4 is 22.9 Å². The number of hydrogen-bond acceptors (Lipinski definition) is 2. The summed E-state index contributed by atoms with van der Waals surface area (Å²) in [6.45, 7) is 2.02. The third-order valence-corrected chi connectivity index (χ3v) is 4.19. The molecule has 0 fully saturated rings. The van der Waals surface area contributed by atoms with Gasteiger partial charge in [0, 0.05) is 9.90 Å². The first-order valence-electron chi connectivity index (χ1n) is 5.50. The van der Waals surface area contributed by atoms with E-state index in [4.69, 9.17) is 17.3 Å². The number of nitrogens with two attached hydrogens (primary N) is 1. The molecule has 0 spiro atoms.